The number of hydrogen-bond acceptors (Lipinski definition) is 2. The molecule has 0 saturated heterocycles. The molecule has 14 heavy (non-hydrogen) atoms. The van der Waals surface area contributed by atoms with Gasteiger partial charge in [0.15, 0.2) is 0 Å². The Morgan fingerprint density at radius 2 is 2.43 bits per heavy atom. The summed E-state index contributed by atoms with van der Waals surface area (Å²) in [6.07, 6.45) is 0.598. The van der Waals surface area contributed by atoms with Crippen molar-refractivity contribution in [2.24, 2.45) is 5.11 Å². The van der Waals surface area contributed by atoms with E-state index in [1.165, 1.54) is 12.1 Å². The zero-order chi connectivity index (χ0) is 9.97. The summed E-state index contributed by atoms with van der Waals surface area (Å²) >= 11 is 0. The maximum Gasteiger partial charge on any atom is 0.123 e. The molecular weight excluding hydrogens is 185 g/mol. The van der Waals surface area contributed by atoms with Crippen molar-refractivity contribution in [2.75, 3.05) is 6.61 Å². The van der Waals surface area contributed by atoms with Gasteiger partial charge in [0.1, 0.15) is 11.6 Å². The first-order valence-electron chi connectivity index (χ1n) is 4.27. The van der Waals surface area contributed by atoms with E-state index >= 15 is 0 Å². The minimum absolute atomic E-state index is 0.306. The van der Waals surface area contributed by atoms with Crippen LogP contribution < -0.4 is 4.74 Å². The second-order valence-corrected chi connectivity index (χ2v) is 3.04. The van der Waals surface area contributed by atoms with Crippen LogP contribution in [-0.4, -0.2) is 6.61 Å². The van der Waals surface area contributed by atoms with Crippen LogP contribution in [0.4, 0.5) is 4.39 Å². The lowest BCUT2D eigenvalue weighted by atomic mass is 10.0. The Bertz CT molecular complexity index is 401. The first-order chi connectivity index (χ1) is 6.81. The van der Waals surface area contributed by atoms with E-state index < -0.39 is 0 Å². The summed E-state index contributed by atoms with van der Waals surface area (Å²) in [5.74, 6) is 0.266. The first kappa shape index (κ1) is 8.84. The predicted molar refractivity (Wildman–Crippen MR) is 48.4 cm³/mol. The molecule has 0 amide bonds. The highest BCUT2D eigenvalue weighted by atomic mass is 19.1. The first-order valence-corrected chi connectivity index (χ1v) is 4.27. The molecule has 1 aliphatic heterocycles. The Labute approximate surface area is 79.9 Å². The van der Waals surface area contributed by atoms with Crippen molar-refractivity contribution in [1.29, 1.82) is 0 Å². The van der Waals surface area contributed by atoms with Gasteiger partial charge in [-0.1, -0.05) is 5.11 Å². The van der Waals surface area contributed by atoms with Crippen LogP contribution >= 0.6 is 0 Å². The van der Waals surface area contributed by atoms with Gasteiger partial charge in [0, 0.05) is 10.5 Å². The van der Waals surface area contributed by atoms with Crippen LogP contribution in [0.25, 0.3) is 10.4 Å². The van der Waals surface area contributed by atoms with E-state index in [4.69, 9.17) is 10.3 Å². The molecule has 0 radical (unpaired) electrons. The van der Waals surface area contributed by atoms with Gasteiger partial charge in [-0.2, -0.15) is 0 Å². The van der Waals surface area contributed by atoms with Crippen LogP contribution in [0, 0.1) is 5.82 Å². The largest absolute Gasteiger partial charge is 0.493 e. The van der Waals surface area contributed by atoms with Crippen molar-refractivity contribution in [2.45, 2.75) is 12.5 Å². The highest BCUT2D eigenvalue weighted by Gasteiger charge is 2.20. The van der Waals surface area contributed by atoms with E-state index in [2.05, 4.69) is 10.0 Å². The van der Waals surface area contributed by atoms with E-state index in [-0.39, 0.29) is 11.9 Å². The molecule has 2 rings (SSSR count). The van der Waals surface area contributed by atoms with E-state index in [0.29, 0.717) is 24.3 Å². The maximum absolute atomic E-state index is 12.9. The number of ether oxygens (including phenoxy) is 1. The van der Waals surface area contributed by atoms with Crippen LogP contribution in [0.2, 0.25) is 0 Å². The molecule has 1 unspecified atom stereocenters. The lowest BCUT2D eigenvalue weighted by Gasteiger charge is -2.22. The van der Waals surface area contributed by atoms with Crippen LogP contribution in [0.15, 0.2) is 23.3 Å². The van der Waals surface area contributed by atoms with E-state index in [0.717, 1.165) is 0 Å². The molecule has 5 heteroatoms. The molecule has 0 bridgehead atoms. The van der Waals surface area contributed by atoms with E-state index in [9.17, 15) is 4.39 Å². The van der Waals surface area contributed by atoms with Crippen LogP contribution in [0.3, 0.4) is 0 Å². The lowest BCUT2D eigenvalue weighted by Crippen LogP contribution is -2.12. The minimum atomic E-state index is -0.340. The average Bonchev–Trinajstić information content (AvgIpc) is 2.19. The van der Waals surface area contributed by atoms with Crippen LogP contribution in [0.1, 0.15) is 18.0 Å². The highest BCUT2D eigenvalue weighted by Crippen LogP contribution is 2.34. The fourth-order valence-corrected chi connectivity index (χ4v) is 1.53. The van der Waals surface area contributed by atoms with E-state index in [1.807, 2.05) is 0 Å². The zero-order valence-electron chi connectivity index (χ0n) is 7.35. The summed E-state index contributed by atoms with van der Waals surface area (Å²) in [6, 6.07) is 3.94. The third-order valence-electron chi connectivity index (χ3n) is 2.17. The summed E-state index contributed by atoms with van der Waals surface area (Å²) < 4.78 is 18.2. The van der Waals surface area contributed by atoms with Gasteiger partial charge in [0.05, 0.1) is 12.6 Å². The number of hydrogen-bond donors (Lipinski definition) is 0. The standard InChI is InChI=1S/C9H8FN3O/c10-6-1-2-9-7(5-6)8(12-13-11)3-4-14-9/h1-2,5,8H,3-4H2. The molecule has 1 aliphatic rings. The summed E-state index contributed by atoms with van der Waals surface area (Å²) in [7, 11) is 0. The van der Waals surface area contributed by atoms with Crippen molar-refractivity contribution >= 4 is 0 Å². The fraction of sp³-hybridized carbons (Fsp3) is 0.333. The summed E-state index contributed by atoms with van der Waals surface area (Å²) in [6.45, 7) is 0.502. The number of fused-ring (bicyclic) bond motifs is 1. The molecule has 1 aromatic carbocycles. The number of halogens is 1. The van der Waals surface area contributed by atoms with Gasteiger partial charge in [-0.15, -0.1) is 0 Å². The topological polar surface area (TPSA) is 58.0 Å². The summed E-state index contributed by atoms with van der Waals surface area (Å²) in [5, 5.41) is 3.60. The zero-order valence-corrected chi connectivity index (χ0v) is 7.35. The number of azide groups is 1. The summed E-state index contributed by atoms with van der Waals surface area (Å²) in [4.78, 5) is 2.73. The van der Waals surface area contributed by atoms with Gasteiger partial charge in [-0.25, -0.2) is 4.39 Å². The second-order valence-electron chi connectivity index (χ2n) is 3.04. The number of benzene rings is 1. The highest BCUT2D eigenvalue weighted by molar-refractivity contribution is 5.38. The van der Waals surface area contributed by atoms with Gasteiger partial charge >= 0.3 is 0 Å². The third-order valence-corrected chi connectivity index (χ3v) is 2.17. The normalized spacial score (nSPS) is 19.1. The van der Waals surface area contributed by atoms with Crippen molar-refractivity contribution in [3.63, 3.8) is 0 Å². The molecule has 0 saturated carbocycles. The minimum Gasteiger partial charge on any atom is -0.493 e. The molecule has 72 valence electrons. The molecule has 4 nitrogen and oxygen atoms in total. The SMILES string of the molecule is [N-]=[N+]=NC1CCOc2ccc(F)cc21. The van der Waals surface area contributed by atoms with Crippen LogP contribution in [-0.2, 0) is 0 Å². The molecule has 1 heterocycles. The molecular formula is C9H8FN3O. The molecule has 0 aromatic heterocycles. The lowest BCUT2D eigenvalue weighted by molar-refractivity contribution is 0.268. The molecule has 1 aromatic rings. The third kappa shape index (κ3) is 1.49. The Kier molecular flexibility index (Phi) is 2.24. The molecule has 0 aliphatic carbocycles. The Morgan fingerprint density at radius 1 is 1.57 bits per heavy atom. The molecule has 1 atom stereocenters. The quantitative estimate of drug-likeness (QED) is 0.384. The Hall–Kier alpha value is -1.74. The summed E-state index contributed by atoms with van der Waals surface area (Å²) in [5.41, 5.74) is 8.97. The monoisotopic (exact) mass is 193 g/mol. The Balaban J connectivity index is 2.46. The van der Waals surface area contributed by atoms with Crippen molar-refractivity contribution < 1.29 is 9.13 Å². The predicted octanol–water partition coefficient (Wildman–Crippen LogP) is 2.96. The number of rotatable bonds is 1. The number of nitrogens with zero attached hydrogens (tertiary/aromatic N) is 3. The van der Waals surface area contributed by atoms with E-state index in [1.54, 1.807) is 6.07 Å². The van der Waals surface area contributed by atoms with Gasteiger partial charge < -0.3 is 4.74 Å². The van der Waals surface area contributed by atoms with Gasteiger partial charge in [-0.05, 0) is 30.2 Å². The average molecular weight is 193 g/mol. The fourth-order valence-electron chi connectivity index (χ4n) is 1.53. The van der Waals surface area contributed by atoms with Gasteiger partial charge in [-0.3, -0.25) is 0 Å². The van der Waals surface area contributed by atoms with Gasteiger partial charge in [0.25, 0.3) is 0 Å². The molecule has 0 N–H and O–H groups in total. The molecule has 0 spiro atoms. The van der Waals surface area contributed by atoms with Crippen molar-refractivity contribution in [1.82, 2.24) is 0 Å². The van der Waals surface area contributed by atoms with Gasteiger partial charge in [0.2, 0.25) is 0 Å². The van der Waals surface area contributed by atoms with Crippen LogP contribution in [0.5, 0.6) is 5.75 Å². The Morgan fingerprint density at radius 3 is 3.21 bits per heavy atom. The maximum atomic E-state index is 12.9. The molecule has 0 fully saturated rings. The van der Waals surface area contributed by atoms with Crippen molar-refractivity contribution in [3.05, 3.63) is 40.0 Å². The van der Waals surface area contributed by atoms with Crippen molar-refractivity contribution in [3.8, 4) is 5.75 Å². The second kappa shape index (κ2) is 3.55. The smallest absolute Gasteiger partial charge is 0.123 e.